The number of hydrogen-bond acceptors (Lipinski definition) is 5. The molecule has 1 aromatic rings. The number of nitrogens with one attached hydrogen (secondary N) is 2. The number of hydrogen-bond donors (Lipinski definition) is 2. The predicted molar refractivity (Wildman–Crippen MR) is 95.2 cm³/mol. The summed E-state index contributed by atoms with van der Waals surface area (Å²) in [4.78, 5) is 12.3. The SMILES string of the molecule is COc1ccc2c(c1)C(NC(=O)OC(C)(C)C)CC1(CCNCC1)O2. The van der Waals surface area contributed by atoms with Gasteiger partial charge in [-0.1, -0.05) is 0 Å². The lowest BCUT2D eigenvalue weighted by Crippen LogP contribution is -2.51. The number of piperidine rings is 1. The van der Waals surface area contributed by atoms with Gasteiger partial charge in [0.15, 0.2) is 0 Å². The number of rotatable bonds is 2. The maximum atomic E-state index is 12.3. The third-order valence-corrected chi connectivity index (χ3v) is 4.70. The average molecular weight is 348 g/mol. The van der Waals surface area contributed by atoms with Gasteiger partial charge in [-0.15, -0.1) is 0 Å². The van der Waals surface area contributed by atoms with Crippen LogP contribution in [0.15, 0.2) is 18.2 Å². The minimum atomic E-state index is -0.529. The first-order chi connectivity index (χ1) is 11.8. The molecule has 2 N–H and O–H groups in total. The number of benzene rings is 1. The second-order valence-electron chi connectivity index (χ2n) is 7.84. The Hall–Kier alpha value is -1.95. The largest absolute Gasteiger partial charge is 0.497 e. The van der Waals surface area contributed by atoms with E-state index in [1.54, 1.807) is 7.11 Å². The highest BCUT2D eigenvalue weighted by atomic mass is 16.6. The lowest BCUT2D eigenvalue weighted by molar-refractivity contribution is -0.000496. The molecule has 2 heterocycles. The van der Waals surface area contributed by atoms with Crippen LogP contribution in [0, 0.1) is 0 Å². The summed E-state index contributed by atoms with van der Waals surface area (Å²) >= 11 is 0. The third-order valence-electron chi connectivity index (χ3n) is 4.70. The molecule has 1 aromatic carbocycles. The Morgan fingerprint density at radius 2 is 2.04 bits per heavy atom. The second-order valence-corrected chi connectivity index (χ2v) is 7.84. The van der Waals surface area contributed by atoms with Crippen molar-refractivity contribution < 1.29 is 19.0 Å². The molecule has 25 heavy (non-hydrogen) atoms. The molecule has 0 aliphatic carbocycles. The Balaban J connectivity index is 1.87. The van der Waals surface area contributed by atoms with E-state index in [0.717, 1.165) is 49.4 Å². The standard InChI is InChI=1S/C19H28N2O4/c1-18(2,3)25-17(22)21-15-12-19(7-9-20-10-8-19)24-16-6-5-13(23-4)11-14(15)16/h5-6,11,15,20H,7-10,12H2,1-4H3,(H,21,22). The van der Waals surface area contributed by atoms with Crippen LogP contribution in [0.1, 0.15) is 51.6 Å². The van der Waals surface area contributed by atoms with Crippen molar-refractivity contribution in [3.8, 4) is 11.5 Å². The maximum Gasteiger partial charge on any atom is 0.408 e. The summed E-state index contributed by atoms with van der Waals surface area (Å²) in [5.41, 5.74) is 0.167. The number of amides is 1. The minimum Gasteiger partial charge on any atom is -0.497 e. The van der Waals surface area contributed by atoms with Gasteiger partial charge < -0.3 is 24.8 Å². The van der Waals surface area contributed by atoms with E-state index in [4.69, 9.17) is 14.2 Å². The van der Waals surface area contributed by atoms with Gasteiger partial charge >= 0.3 is 6.09 Å². The normalized spacial score (nSPS) is 21.8. The van der Waals surface area contributed by atoms with Crippen LogP contribution >= 0.6 is 0 Å². The molecular formula is C19H28N2O4. The molecule has 0 bridgehead atoms. The van der Waals surface area contributed by atoms with Crippen molar-refractivity contribution in [1.29, 1.82) is 0 Å². The van der Waals surface area contributed by atoms with Gasteiger partial charge in [-0.05, 0) is 64.9 Å². The lowest BCUT2D eigenvalue weighted by Gasteiger charge is -2.44. The Kier molecular flexibility index (Phi) is 4.82. The van der Waals surface area contributed by atoms with Crippen molar-refractivity contribution in [2.24, 2.45) is 0 Å². The predicted octanol–water partition coefficient (Wildman–Crippen LogP) is 3.17. The van der Waals surface area contributed by atoms with E-state index in [-0.39, 0.29) is 11.6 Å². The zero-order chi connectivity index (χ0) is 18.1. The molecule has 0 radical (unpaired) electrons. The molecule has 1 spiro atoms. The number of carbonyl (C=O) groups excluding carboxylic acids is 1. The Labute approximate surface area is 149 Å². The van der Waals surface area contributed by atoms with Crippen molar-refractivity contribution in [2.45, 2.75) is 57.3 Å². The van der Waals surface area contributed by atoms with Gasteiger partial charge in [0.05, 0.1) is 13.2 Å². The Bertz CT molecular complexity index is 633. The van der Waals surface area contributed by atoms with Crippen molar-refractivity contribution in [2.75, 3.05) is 20.2 Å². The summed E-state index contributed by atoms with van der Waals surface area (Å²) in [7, 11) is 1.63. The van der Waals surface area contributed by atoms with Crippen LogP contribution in [-0.4, -0.2) is 37.5 Å². The summed E-state index contributed by atoms with van der Waals surface area (Å²) in [6.07, 6.45) is 2.17. The zero-order valence-corrected chi connectivity index (χ0v) is 15.5. The fourth-order valence-electron chi connectivity index (χ4n) is 3.54. The van der Waals surface area contributed by atoms with Crippen LogP contribution in [-0.2, 0) is 4.74 Å². The van der Waals surface area contributed by atoms with E-state index < -0.39 is 11.7 Å². The van der Waals surface area contributed by atoms with E-state index in [1.165, 1.54) is 0 Å². The summed E-state index contributed by atoms with van der Waals surface area (Å²) in [6.45, 7) is 7.43. The van der Waals surface area contributed by atoms with Crippen LogP contribution in [0.4, 0.5) is 4.79 Å². The van der Waals surface area contributed by atoms with E-state index in [0.29, 0.717) is 0 Å². The van der Waals surface area contributed by atoms with Gasteiger partial charge in [-0.3, -0.25) is 0 Å². The molecular weight excluding hydrogens is 320 g/mol. The molecule has 1 fully saturated rings. The molecule has 2 aliphatic rings. The number of fused-ring (bicyclic) bond motifs is 1. The van der Waals surface area contributed by atoms with Crippen LogP contribution in [0.25, 0.3) is 0 Å². The van der Waals surface area contributed by atoms with Crippen molar-refractivity contribution >= 4 is 6.09 Å². The fraction of sp³-hybridized carbons (Fsp3) is 0.632. The monoisotopic (exact) mass is 348 g/mol. The summed E-state index contributed by atoms with van der Waals surface area (Å²) in [5.74, 6) is 1.56. The number of ether oxygens (including phenoxy) is 3. The van der Waals surface area contributed by atoms with Gasteiger partial charge in [-0.2, -0.15) is 0 Å². The summed E-state index contributed by atoms with van der Waals surface area (Å²) in [5, 5.41) is 6.41. The van der Waals surface area contributed by atoms with Crippen molar-refractivity contribution in [3.05, 3.63) is 23.8 Å². The molecule has 0 aromatic heterocycles. The molecule has 138 valence electrons. The number of carbonyl (C=O) groups is 1. The molecule has 1 amide bonds. The van der Waals surface area contributed by atoms with Gasteiger partial charge in [0, 0.05) is 12.0 Å². The lowest BCUT2D eigenvalue weighted by atomic mass is 9.81. The van der Waals surface area contributed by atoms with E-state index >= 15 is 0 Å². The van der Waals surface area contributed by atoms with Crippen molar-refractivity contribution in [3.63, 3.8) is 0 Å². The molecule has 0 saturated carbocycles. The maximum absolute atomic E-state index is 12.3. The van der Waals surface area contributed by atoms with E-state index in [1.807, 2.05) is 39.0 Å². The average Bonchev–Trinajstić information content (AvgIpc) is 2.53. The molecule has 1 saturated heterocycles. The molecule has 6 nitrogen and oxygen atoms in total. The topological polar surface area (TPSA) is 68.8 Å². The molecule has 1 atom stereocenters. The van der Waals surface area contributed by atoms with Crippen LogP contribution < -0.4 is 20.1 Å². The minimum absolute atomic E-state index is 0.160. The first-order valence-corrected chi connectivity index (χ1v) is 8.87. The second kappa shape index (κ2) is 6.75. The fourth-order valence-corrected chi connectivity index (χ4v) is 3.54. The molecule has 6 heteroatoms. The third kappa shape index (κ3) is 4.18. The highest BCUT2D eigenvalue weighted by Crippen LogP contribution is 2.44. The van der Waals surface area contributed by atoms with Crippen LogP contribution in [0.3, 0.4) is 0 Å². The summed E-state index contributed by atoms with van der Waals surface area (Å²) < 4.78 is 17.2. The van der Waals surface area contributed by atoms with Crippen molar-refractivity contribution in [1.82, 2.24) is 10.6 Å². The van der Waals surface area contributed by atoms with Gasteiger partial charge in [0.1, 0.15) is 22.7 Å². The highest BCUT2D eigenvalue weighted by molar-refractivity contribution is 5.69. The highest BCUT2D eigenvalue weighted by Gasteiger charge is 2.42. The number of alkyl carbamates (subject to hydrolysis) is 1. The molecule has 2 aliphatic heterocycles. The van der Waals surface area contributed by atoms with Gasteiger partial charge in [0.2, 0.25) is 0 Å². The quantitative estimate of drug-likeness (QED) is 0.859. The van der Waals surface area contributed by atoms with Gasteiger partial charge in [0.25, 0.3) is 0 Å². The summed E-state index contributed by atoms with van der Waals surface area (Å²) in [6, 6.07) is 5.60. The van der Waals surface area contributed by atoms with Crippen LogP contribution in [0.2, 0.25) is 0 Å². The van der Waals surface area contributed by atoms with Crippen LogP contribution in [0.5, 0.6) is 11.5 Å². The van der Waals surface area contributed by atoms with E-state index in [2.05, 4.69) is 10.6 Å². The first kappa shape index (κ1) is 17.9. The van der Waals surface area contributed by atoms with Gasteiger partial charge in [-0.25, -0.2) is 4.79 Å². The molecule has 3 rings (SSSR count). The Morgan fingerprint density at radius 1 is 1.32 bits per heavy atom. The Morgan fingerprint density at radius 3 is 2.68 bits per heavy atom. The smallest absolute Gasteiger partial charge is 0.408 e. The molecule has 1 unspecified atom stereocenters. The zero-order valence-electron chi connectivity index (χ0n) is 15.5. The first-order valence-electron chi connectivity index (χ1n) is 8.87. The van der Waals surface area contributed by atoms with E-state index in [9.17, 15) is 4.79 Å². The number of methoxy groups -OCH3 is 1.